The van der Waals surface area contributed by atoms with Gasteiger partial charge in [-0.25, -0.2) is 4.98 Å². The number of fused-ring (bicyclic) bond motifs is 1. The number of nitrogens with one attached hydrogen (secondary N) is 1. The molecule has 0 spiro atoms. The summed E-state index contributed by atoms with van der Waals surface area (Å²) in [5.41, 5.74) is 8.88. The zero-order valence-electron chi connectivity index (χ0n) is 10.7. The first kappa shape index (κ1) is 12.5. The molecule has 0 fully saturated rings. The minimum Gasteiger partial charge on any atom is -0.497 e. The van der Waals surface area contributed by atoms with Gasteiger partial charge in [-0.15, -0.1) is 0 Å². The minimum absolute atomic E-state index is 0.0183. The van der Waals surface area contributed by atoms with Crippen LogP contribution in [0.25, 0.3) is 0 Å². The van der Waals surface area contributed by atoms with E-state index in [1.807, 2.05) is 6.07 Å². The number of aromatic amines is 1. The zero-order valence-corrected chi connectivity index (χ0v) is 11.5. The Morgan fingerprint density at radius 3 is 3.11 bits per heavy atom. The lowest BCUT2D eigenvalue weighted by molar-refractivity contribution is 0.413. The van der Waals surface area contributed by atoms with Gasteiger partial charge in [0.2, 0.25) is 0 Å². The fraction of sp³-hybridized carbons (Fsp3) is 0.385. The van der Waals surface area contributed by atoms with Crippen molar-refractivity contribution in [1.82, 2.24) is 15.2 Å². The topological polar surface area (TPSA) is 76.8 Å². The number of thioether (sulfide) groups is 1. The molecule has 100 valence electrons. The molecule has 0 saturated carbocycles. The highest BCUT2D eigenvalue weighted by molar-refractivity contribution is 7.99. The van der Waals surface area contributed by atoms with Crippen LogP contribution in [0.15, 0.2) is 29.7 Å². The van der Waals surface area contributed by atoms with Gasteiger partial charge in [0, 0.05) is 11.3 Å². The van der Waals surface area contributed by atoms with Crippen molar-refractivity contribution in [3.05, 3.63) is 35.7 Å². The summed E-state index contributed by atoms with van der Waals surface area (Å²) in [4.78, 5) is 4.15. The Hall–Kier alpha value is -1.53. The van der Waals surface area contributed by atoms with Gasteiger partial charge in [0.1, 0.15) is 12.1 Å². The van der Waals surface area contributed by atoms with Crippen LogP contribution < -0.4 is 10.5 Å². The molecule has 1 aromatic heterocycles. The first-order valence-corrected chi connectivity index (χ1v) is 7.10. The molecule has 5 nitrogen and oxygen atoms in total. The molecule has 2 atom stereocenters. The Morgan fingerprint density at radius 1 is 1.47 bits per heavy atom. The van der Waals surface area contributed by atoms with Gasteiger partial charge in [0.05, 0.1) is 7.11 Å². The van der Waals surface area contributed by atoms with E-state index in [-0.39, 0.29) is 6.04 Å². The van der Waals surface area contributed by atoms with E-state index in [1.54, 1.807) is 18.9 Å². The molecule has 3 N–H and O–H groups in total. The van der Waals surface area contributed by atoms with Gasteiger partial charge in [-0.1, -0.05) is 17.8 Å². The lowest BCUT2D eigenvalue weighted by Crippen LogP contribution is -2.29. The largest absolute Gasteiger partial charge is 0.497 e. The van der Waals surface area contributed by atoms with Gasteiger partial charge in [-0.3, -0.25) is 5.10 Å². The van der Waals surface area contributed by atoms with Crippen molar-refractivity contribution in [2.45, 2.75) is 29.3 Å². The normalized spacial score (nSPS) is 22.0. The summed E-state index contributed by atoms with van der Waals surface area (Å²) in [6, 6.07) is 6.15. The van der Waals surface area contributed by atoms with E-state index in [4.69, 9.17) is 10.5 Å². The summed E-state index contributed by atoms with van der Waals surface area (Å²) in [5, 5.41) is 7.90. The van der Waals surface area contributed by atoms with Gasteiger partial charge in [0.25, 0.3) is 0 Å². The first-order valence-electron chi connectivity index (χ1n) is 6.22. The summed E-state index contributed by atoms with van der Waals surface area (Å²) in [7, 11) is 1.69. The third-order valence-corrected chi connectivity index (χ3v) is 4.72. The molecule has 0 aliphatic heterocycles. The van der Waals surface area contributed by atoms with E-state index < -0.39 is 0 Å². The van der Waals surface area contributed by atoms with Crippen LogP contribution in [0.5, 0.6) is 5.75 Å². The molecule has 3 rings (SSSR count). The Balaban J connectivity index is 1.81. The van der Waals surface area contributed by atoms with Gasteiger partial charge in [-0.05, 0) is 36.1 Å². The summed E-state index contributed by atoms with van der Waals surface area (Å²) in [6.45, 7) is 0. The van der Waals surface area contributed by atoms with Crippen LogP contribution in [0.2, 0.25) is 0 Å². The van der Waals surface area contributed by atoms with Crippen molar-refractivity contribution in [3.8, 4) is 5.75 Å². The summed E-state index contributed by atoms with van der Waals surface area (Å²) < 4.78 is 5.26. The molecule has 2 unspecified atom stereocenters. The maximum Gasteiger partial charge on any atom is 0.183 e. The second kappa shape index (κ2) is 5.22. The quantitative estimate of drug-likeness (QED) is 0.895. The van der Waals surface area contributed by atoms with Gasteiger partial charge in [0.15, 0.2) is 5.16 Å². The lowest BCUT2D eigenvalue weighted by atomic mass is 9.87. The molecule has 1 heterocycles. The number of hydrogen-bond acceptors (Lipinski definition) is 5. The molecule has 1 aliphatic carbocycles. The van der Waals surface area contributed by atoms with E-state index in [9.17, 15) is 0 Å². The highest BCUT2D eigenvalue weighted by atomic mass is 32.2. The molecular weight excluding hydrogens is 260 g/mol. The molecule has 6 heteroatoms. The fourth-order valence-corrected chi connectivity index (χ4v) is 3.48. The predicted molar refractivity (Wildman–Crippen MR) is 74.3 cm³/mol. The minimum atomic E-state index is 0.0183. The van der Waals surface area contributed by atoms with Gasteiger partial charge < -0.3 is 10.5 Å². The SMILES string of the molecule is COc1ccc2c(c1)CCC(Sc1ncn[nH]1)C2N. The molecule has 19 heavy (non-hydrogen) atoms. The molecule has 0 saturated heterocycles. The number of nitrogens with zero attached hydrogens (tertiary/aromatic N) is 2. The summed E-state index contributed by atoms with van der Waals surface area (Å²) in [6.07, 6.45) is 3.58. The Labute approximate surface area is 116 Å². The van der Waals surface area contributed by atoms with E-state index in [0.717, 1.165) is 23.7 Å². The molecule has 0 radical (unpaired) electrons. The zero-order chi connectivity index (χ0) is 13.2. The van der Waals surface area contributed by atoms with Crippen molar-refractivity contribution in [1.29, 1.82) is 0 Å². The van der Waals surface area contributed by atoms with E-state index >= 15 is 0 Å². The Morgan fingerprint density at radius 2 is 2.37 bits per heavy atom. The summed E-state index contributed by atoms with van der Waals surface area (Å²) in [5.74, 6) is 0.896. The van der Waals surface area contributed by atoms with Crippen molar-refractivity contribution in [2.75, 3.05) is 7.11 Å². The van der Waals surface area contributed by atoms with Crippen molar-refractivity contribution < 1.29 is 4.74 Å². The van der Waals surface area contributed by atoms with Crippen LogP contribution in [-0.2, 0) is 6.42 Å². The maximum absolute atomic E-state index is 6.37. The molecule has 0 amide bonds. The molecule has 1 aromatic carbocycles. The van der Waals surface area contributed by atoms with Crippen molar-refractivity contribution >= 4 is 11.8 Å². The number of aryl methyl sites for hydroxylation is 1. The van der Waals surface area contributed by atoms with Crippen LogP contribution in [0, 0.1) is 0 Å². The first-order chi connectivity index (χ1) is 9.28. The second-order valence-electron chi connectivity index (χ2n) is 4.58. The number of rotatable bonds is 3. The molecule has 1 aliphatic rings. The highest BCUT2D eigenvalue weighted by Gasteiger charge is 2.28. The molecule has 2 aromatic rings. The van der Waals surface area contributed by atoms with Crippen LogP contribution in [0.1, 0.15) is 23.6 Å². The monoisotopic (exact) mass is 276 g/mol. The standard InChI is InChI=1S/C13H16N4OS/c1-18-9-3-4-10-8(6-9)2-5-11(12(10)14)19-13-15-7-16-17-13/h3-4,6-7,11-12H,2,5,14H2,1H3,(H,15,16,17). The summed E-state index contributed by atoms with van der Waals surface area (Å²) >= 11 is 1.67. The van der Waals surface area contributed by atoms with Crippen LogP contribution >= 0.6 is 11.8 Å². The smallest absolute Gasteiger partial charge is 0.183 e. The third kappa shape index (κ3) is 2.46. The van der Waals surface area contributed by atoms with Gasteiger partial charge in [-0.2, -0.15) is 5.10 Å². The molecular formula is C13H16N4OS. The van der Waals surface area contributed by atoms with E-state index in [0.29, 0.717) is 5.25 Å². The average molecular weight is 276 g/mol. The van der Waals surface area contributed by atoms with Crippen molar-refractivity contribution in [2.24, 2.45) is 5.73 Å². The number of methoxy groups -OCH3 is 1. The number of hydrogen-bond donors (Lipinski definition) is 2. The lowest BCUT2D eigenvalue weighted by Gasteiger charge is -2.30. The number of H-pyrrole nitrogens is 1. The number of nitrogens with two attached hydrogens (primary N) is 1. The average Bonchev–Trinajstić information content (AvgIpc) is 2.94. The highest BCUT2D eigenvalue weighted by Crippen LogP contribution is 2.38. The van der Waals surface area contributed by atoms with Crippen LogP contribution in [-0.4, -0.2) is 27.5 Å². The van der Waals surface area contributed by atoms with Gasteiger partial charge >= 0.3 is 0 Å². The third-order valence-electron chi connectivity index (χ3n) is 3.46. The predicted octanol–water partition coefficient (Wildman–Crippen LogP) is 1.92. The van der Waals surface area contributed by atoms with Crippen LogP contribution in [0.3, 0.4) is 0 Å². The number of aromatic nitrogens is 3. The second-order valence-corrected chi connectivity index (χ2v) is 5.80. The number of ether oxygens (including phenoxy) is 1. The van der Waals surface area contributed by atoms with E-state index in [2.05, 4.69) is 27.3 Å². The maximum atomic E-state index is 6.37. The Bertz CT molecular complexity index is 558. The fourth-order valence-electron chi connectivity index (χ4n) is 2.46. The van der Waals surface area contributed by atoms with E-state index in [1.165, 1.54) is 17.5 Å². The molecule has 0 bridgehead atoms. The van der Waals surface area contributed by atoms with Crippen LogP contribution in [0.4, 0.5) is 0 Å². The Kier molecular flexibility index (Phi) is 3.44. The van der Waals surface area contributed by atoms with Crippen molar-refractivity contribution in [3.63, 3.8) is 0 Å². The number of benzene rings is 1.